The predicted molar refractivity (Wildman–Crippen MR) is 66.6 cm³/mol. The van der Waals surface area contributed by atoms with Crippen LogP contribution in [0.2, 0.25) is 0 Å². The van der Waals surface area contributed by atoms with Gasteiger partial charge in [-0.1, -0.05) is 0 Å². The van der Waals surface area contributed by atoms with Crippen LogP contribution < -0.4 is 16.2 Å². The van der Waals surface area contributed by atoms with Crippen molar-refractivity contribution >= 4 is 21.4 Å². The van der Waals surface area contributed by atoms with Gasteiger partial charge in [-0.25, -0.2) is 13.6 Å². The number of rotatable bonds is 5. The van der Waals surface area contributed by atoms with Gasteiger partial charge in [0.25, 0.3) is 0 Å². The van der Waals surface area contributed by atoms with Crippen LogP contribution in [0.25, 0.3) is 0 Å². The molecule has 5 N–H and O–H groups in total. The normalized spacial score (nSPS) is 10.8. The molecule has 0 radical (unpaired) electrons. The number of nitrogen functional groups attached to an aromatic ring is 1. The Hall–Kier alpha value is -1.78. The molecule has 0 bridgehead atoms. The molecule has 92 valence electrons. The first-order valence-corrected chi connectivity index (χ1v) is 6.63. The summed E-state index contributed by atoms with van der Waals surface area (Å²) >= 11 is 0. The summed E-state index contributed by atoms with van der Waals surface area (Å²) in [6, 6.07) is 7.13. The Kier molecular flexibility index (Phi) is 4.31. The summed E-state index contributed by atoms with van der Waals surface area (Å²) in [4.78, 5) is 0. The number of primary sulfonamides is 1. The Morgan fingerprint density at radius 1 is 1.41 bits per heavy atom. The van der Waals surface area contributed by atoms with Crippen molar-refractivity contribution in [2.24, 2.45) is 5.14 Å². The van der Waals surface area contributed by atoms with Crippen LogP contribution in [0.3, 0.4) is 0 Å². The Labute approximate surface area is 100 Å². The van der Waals surface area contributed by atoms with Crippen molar-refractivity contribution in [1.82, 2.24) is 0 Å². The van der Waals surface area contributed by atoms with Gasteiger partial charge in [-0.3, -0.25) is 0 Å². The number of nitriles is 1. The number of anilines is 2. The molecule has 7 heteroatoms. The van der Waals surface area contributed by atoms with E-state index < -0.39 is 10.0 Å². The van der Waals surface area contributed by atoms with Gasteiger partial charge in [0.2, 0.25) is 10.0 Å². The fraction of sp³-hybridized carbons (Fsp3) is 0.300. The van der Waals surface area contributed by atoms with E-state index in [9.17, 15) is 8.42 Å². The topological polar surface area (TPSA) is 122 Å². The zero-order chi connectivity index (χ0) is 12.9. The zero-order valence-corrected chi connectivity index (χ0v) is 10.00. The van der Waals surface area contributed by atoms with E-state index in [2.05, 4.69) is 5.32 Å². The van der Waals surface area contributed by atoms with Gasteiger partial charge in [-0.15, -0.1) is 0 Å². The van der Waals surface area contributed by atoms with Gasteiger partial charge >= 0.3 is 0 Å². The molecule has 0 heterocycles. The summed E-state index contributed by atoms with van der Waals surface area (Å²) in [6.07, 6.45) is 0.219. The molecule has 0 saturated heterocycles. The van der Waals surface area contributed by atoms with Crippen molar-refractivity contribution in [1.29, 1.82) is 5.26 Å². The molecule has 0 saturated carbocycles. The summed E-state index contributed by atoms with van der Waals surface area (Å²) in [5, 5.41) is 16.4. The smallest absolute Gasteiger partial charge is 0.210 e. The van der Waals surface area contributed by atoms with Crippen molar-refractivity contribution in [3.63, 3.8) is 0 Å². The quantitative estimate of drug-likeness (QED) is 0.640. The first kappa shape index (κ1) is 13.3. The molecule has 6 nitrogen and oxygen atoms in total. The molecule has 0 unspecified atom stereocenters. The van der Waals surface area contributed by atoms with Gasteiger partial charge in [-0.05, 0) is 23.8 Å². The van der Waals surface area contributed by atoms with Gasteiger partial charge in [0.15, 0.2) is 0 Å². The number of hydrogen-bond acceptors (Lipinski definition) is 5. The Bertz CT molecular complexity index is 534. The molecule has 0 fully saturated rings. The van der Waals surface area contributed by atoms with E-state index in [0.29, 0.717) is 16.9 Å². The van der Waals surface area contributed by atoms with Gasteiger partial charge in [0.1, 0.15) is 0 Å². The molecule has 1 aromatic carbocycles. The van der Waals surface area contributed by atoms with Crippen molar-refractivity contribution in [2.75, 3.05) is 23.3 Å². The number of nitrogens with one attached hydrogen (secondary N) is 1. The molecule has 0 amide bonds. The maximum Gasteiger partial charge on any atom is 0.210 e. The van der Waals surface area contributed by atoms with Crippen molar-refractivity contribution in [3.8, 4) is 6.07 Å². The van der Waals surface area contributed by atoms with Gasteiger partial charge in [0, 0.05) is 17.9 Å². The van der Waals surface area contributed by atoms with Crippen molar-refractivity contribution in [3.05, 3.63) is 23.8 Å². The largest absolute Gasteiger partial charge is 0.398 e. The lowest BCUT2D eigenvalue weighted by atomic mass is 10.1. The molecule has 0 aliphatic rings. The fourth-order valence-electron chi connectivity index (χ4n) is 1.29. The van der Waals surface area contributed by atoms with E-state index in [4.69, 9.17) is 16.1 Å². The van der Waals surface area contributed by atoms with Crippen LogP contribution in [0, 0.1) is 11.3 Å². The highest BCUT2D eigenvalue weighted by Crippen LogP contribution is 2.17. The highest BCUT2D eigenvalue weighted by Gasteiger charge is 2.03. The third-order valence-corrected chi connectivity index (χ3v) is 2.90. The second-order valence-corrected chi connectivity index (χ2v) is 5.28. The average molecular weight is 254 g/mol. The Balaban J connectivity index is 2.67. The fourth-order valence-corrected chi connectivity index (χ4v) is 1.68. The number of nitrogens with two attached hydrogens (primary N) is 2. The first-order chi connectivity index (χ1) is 7.92. The Morgan fingerprint density at radius 2 is 2.12 bits per heavy atom. The minimum atomic E-state index is -3.46. The van der Waals surface area contributed by atoms with Gasteiger partial charge in [-0.2, -0.15) is 5.26 Å². The lowest BCUT2D eigenvalue weighted by Gasteiger charge is -2.08. The lowest BCUT2D eigenvalue weighted by molar-refractivity contribution is 0.598. The Morgan fingerprint density at radius 3 is 2.71 bits per heavy atom. The maximum atomic E-state index is 10.7. The molecular weight excluding hydrogens is 240 g/mol. The van der Waals surface area contributed by atoms with Crippen LogP contribution in [-0.2, 0) is 16.4 Å². The van der Waals surface area contributed by atoms with Crippen LogP contribution in [0.15, 0.2) is 18.2 Å². The van der Waals surface area contributed by atoms with Crippen LogP contribution >= 0.6 is 0 Å². The van der Waals surface area contributed by atoms with E-state index in [1.54, 1.807) is 18.2 Å². The average Bonchev–Trinajstić information content (AvgIpc) is 2.21. The minimum absolute atomic E-state index is 0.148. The van der Waals surface area contributed by atoms with E-state index >= 15 is 0 Å². The van der Waals surface area contributed by atoms with E-state index in [1.165, 1.54) is 0 Å². The summed E-state index contributed by atoms with van der Waals surface area (Å²) < 4.78 is 21.4. The molecule has 1 aromatic rings. The first-order valence-electron chi connectivity index (χ1n) is 4.92. The van der Waals surface area contributed by atoms with Gasteiger partial charge < -0.3 is 11.1 Å². The maximum absolute atomic E-state index is 10.7. The van der Waals surface area contributed by atoms with Crippen molar-refractivity contribution < 1.29 is 8.42 Å². The second kappa shape index (κ2) is 5.52. The summed E-state index contributed by atoms with van der Waals surface area (Å²) in [6.45, 7) is 0.217. The summed E-state index contributed by atoms with van der Waals surface area (Å²) in [5.74, 6) is -0.148. The van der Waals surface area contributed by atoms with Crippen molar-refractivity contribution in [2.45, 2.75) is 6.42 Å². The van der Waals surface area contributed by atoms with Gasteiger partial charge in [0.05, 0.1) is 18.2 Å². The third-order valence-electron chi connectivity index (χ3n) is 2.13. The zero-order valence-electron chi connectivity index (χ0n) is 9.18. The number of benzene rings is 1. The van der Waals surface area contributed by atoms with E-state index in [1.807, 2.05) is 6.07 Å². The SMILES string of the molecule is N#CCc1cc(NCCS(N)(=O)=O)ccc1N. The van der Waals surface area contributed by atoms with Crippen LogP contribution in [0.5, 0.6) is 0 Å². The number of sulfonamides is 1. The monoisotopic (exact) mass is 254 g/mol. The number of nitrogens with zero attached hydrogens (tertiary/aromatic N) is 1. The molecule has 0 aliphatic heterocycles. The standard InChI is InChI=1S/C10H14N4O2S/c11-4-3-8-7-9(1-2-10(8)12)14-5-6-17(13,15)16/h1-2,7,14H,3,5-6,12H2,(H2,13,15,16). The highest BCUT2D eigenvalue weighted by atomic mass is 32.2. The van der Waals surface area contributed by atoms with Crippen LogP contribution in [-0.4, -0.2) is 20.7 Å². The lowest BCUT2D eigenvalue weighted by Crippen LogP contribution is -2.22. The van der Waals surface area contributed by atoms with E-state index in [0.717, 1.165) is 0 Å². The van der Waals surface area contributed by atoms with Crippen LogP contribution in [0.1, 0.15) is 5.56 Å². The minimum Gasteiger partial charge on any atom is -0.398 e. The highest BCUT2D eigenvalue weighted by molar-refractivity contribution is 7.89. The second-order valence-electron chi connectivity index (χ2n) is 3.54. The van der Waals surface area contributed by atoms with Crippen LogP contribution in [0.4, 0.5) is 11.4 Å². The molecular formula is C10H14N4O2S. The van der Waals surface area contributed by atoms with E-state index in [-0.39, 0.29) is 18.7 Å². The molecule has 0 atom stereocenters. The molecule has 1 rings (SSSR count). The molecule has 17 heavy (non-hydrogen) atoms. The summed E-state index contributed by atoms with van der Waals surface area (Å²) in [7, 11) is -3.46. The molecule has 0 aliphatic carbocycles. The summed E-state index contributed by atoms with van der Waals surface area (Å²) in [5.41, 5.74) is 7.66. The third kappa shape index (κ3) is 4.72. The molecule has 0 aromatic heterocycles. The number of hydrogen-bond donors (Lipinski definition) is 3. The predicted octanol–water partition coefficient (Wildman–Crippen LogP) is 0.0353. The molecule has 0 spiro atoms.